The molecule has 33 heavy (non-hydrogen) atoms. The predicted molar refractivity (Wildman–Crippen MR) is 127 cm³/mol. The normalized spacial score (nSPS) is 12.2. The summed E-state index contributed by atoms with van der Waals surface area (Å²) < 4.78 is 34.5. The van der Waals surface area contributed by atoms with Gasteiger partial charge in [0.1, 0.15) is 10.7 Å². The Balaban J connectivity index is 1.63. The molecule has 1 amide bonds. The highest BCUT2D eigenvalue weighted by atomic mass is 32.2. The van der Waals surface area contributed by atoms with Crippen LogP contribution in [0.3, 0.4) is 0 Å². The first-order chi connectivity index (χ1) is 15.6. The van der Waals surface area contributed by atoms with Crippen molar-refractivity contribution >= 4 is 39.2 Å². The molecule has 7 nitrogen and oxygen atoms in total. The van der Waals surface area contributed by atoms with Gasteiger partial charge < -0.3 is 19.4 Å². The Kier molecular flexibility index (Phi) is 7.96. The average molecular weight is 498 g/mol. The maximum absolute atomic E-state index is 12.8. The van der Waals surface area contributed by atoms with E-state index in [0.717, 1.165) is 10.4 Å². The molecule has 0 unspecified atom stereocenters. The first-order valence-corrected chi connectivity index (χ1v) is 11.9. The number of rotatable bonds is 9. The molecule has 3 rings (SSSR count). The summed E-state index contributed by atoms with van der Waals surface area (Å²) in [6.07, 6.45) is 0. The topological polar surface area (TPSA) is 84.5 Å². The van der Waals surface area contributed by atoms with Gasteiger partial charge in [0.05, 0.1) is 23.5 Å². The van der Waals surface area contributed by atoms with E-state index in [1.165, 1.54) is 36.3 Å². The van der Waals surface area contributed by atoms with Gasteiger partial charge in [-0.3, -0.25) is 9.59 Å². The van der Waals surface area contributed by atoms with Crippen LogP contribution in [0.5, 0.6) is 11.5 Å². The molecule has 0 aliphatic rings. The summed E-state index contributed by atoms with van der Waals surface area (Å²) in [7, 11) is 3.03. The number of methoxy groups -OCH3 is 1. The zero-order valence-corrected chi connectivity index (χ0v) is 20.5. The first-order valence-electron chi connectivity index (χ1n) is 10.1. The number of thioether (sulfide) groups is 1. The number of nitrogens with one attached hydrogen (secondary N) is 1. The zero-order valence-electron chi connectivity index (χ0n) is 18.9. The van der Waals surface area contributed by atoms with Crippen molar-refractivity contribution in [1.82, 2.24) is 14.9 Å². The number of hydrogen-bond donors (Lipinski definition) is 1. The van der Waals surface area contributed by atoms with Crippen LogP contribution in [-0.4, -0.2) is 46.8 Å². The Morgan fingerprint density at radius 1 is 1.30 bits per heavy atom. The number of amides is 1. The second-order valence-corrected chi connectivity index (χ2v) is 10.0. The summed E-state index contributed by atoms with van der Waals surface area (Å²) >= 11 is 2.86. The molecule has 0 saturated carbocycles. The number of benzene rings is 1. The molecule has 3 aromatic rings. The molecular weight excluding hydrogens is 472 g/mol. The van der Waals surface area contributed by atoms with Crippen molar-refractivity contribution in [3.05, 3.63) is 50.4 Å². The number of thiophene rings is 1. The number of halogens is 2. The molecule has 178 valence electrons. The molecule has 1 N–H and O–H groups in total. The van der Waals surface area contributed by atoms with Crippen LogP contribution < -0.4 is 15.0 Å². The molecule has 0 aliphatic carbocycles. The molecule has 0 radical (unpaired) electrons. The monoisotopic (exact) mass is 497 g/mol. The van der Waals surface area contributed by atoms with Gasteiger partial charge in [0.15, 0.2) is 11.5 Å². The summed E-state index contributed by atoms with van der Waals surface area (Å²) in [5, 5.41) is 0.238. The van der Waals surface area contributed by atoms with Crippen LogP contribution in [0.15, 0.2) is 23.0 Å². The average Bonchev–Trinajstić information content (AvgIpc) is 3.05. The third-order valence-electron chi connectivity index (χ3n) is 5.15. The van der Waals surface area contributed by atoms with Gasteiger partial charge in [-0.25, -0.2) is 4.98 Å². The minimum Gasteiger partial charge on any atom is -0.493 e. The van der Waals surface area contributed by atoms with E-state index < -0.39 is 6.61 Å². The fraction of sp³-hybridized carbons (Fsp3) is 0.409. The number of aromatic amines is 1. The Bertz CT molecular complexity index is 1210. The SMILES string of the molecule is COc1cc(CN(C)C(=O)[C@H](C)SCc2nc3sc(C)c(C)c3c(=O)[nH]2)ccc1OC(F)F. The summed E-state index contributed by atoms with van der Waals surface area (Å²) in [6.45, 7) is 2.97. The van der Waals surface area contributed by atoms with E-state index in [2.05, 4.69) is 14.7 Å². The van der Waals surface area contributed by atoms with Gasteiger partial charge in [-0.15, -0.1) is 23.1 Å². The number of carbonyl (C=O) groups excluding carboxylic acids is 1. The van der Waals surface area contributed by atoms with Crippen LogP contribution in [0.1, 0.15) is 28.8 Å². The fourth-order valence-electron chi connectivity index (χ4n) is 3.31. The minimum absolute atomic E-state index is 0.0660. The number of hydrogen-bond acceptors (Lipinski definition) is 7. The molecule has 0 aliphatic heterocycles. The molecule has 1 atom stereocenters. The smallest absolute Gasteiger partial charge is 0.387 e. The van der Waals surface area contributed by atoms with Gasteiger partial charge in [-0.1, -0.05) is 6.07 Å². The first kappa shape index (κ1) is 25.0. The molecule has 0 fully saturated rings. The number of alkyl halides is 2. The van der Waals surface area contributed by atoms with Crippen LogP contribution >= 0.6 is 23.1 Å². The molecule has 0 saturated heterocycles. The zero-order chi connectivity index (χ0) is 24.3. The lowest BCUT2D eigenvalue weighted by Gasteiger charge is -2.22. The number of fused-ring (bicyclic) bond motifs is 1. The molecule has 2 heterocycles. The van der Waals surface area contributed by atoms with Crippen molar-refractivity contribution in [2.75, 3.05) is 14.2 Å². The maximum atomic E-state index is 12.8. The molecule has 11 heteroatoms. The number of carbonyl (C=O) groups is 1. The van der Waals surface area contributed by atoms with Crippen LogP contribution in [0.25, 0.3) is 10.2 Å². The maximum Gasteiger partial charge on any atom is 0.387 e. The second kappa shape index (κ2) is 10.5. The number of ether oxygens (including phenoxy) is 2. The summed E-state index contributed by atoms with van der Waals surface area (Å²) in [6, 6.07) is 4.56. The third kappa shape index (κ3) is 5.83. The number of aromatic nitrogens is 2. The lowest BCUT2D eigenvalue weighted by Crippen LogP contribution is -2.33. The Hall–Kier alpha value is -2.66. The standard InChI is InChI=1S/C22H25F2N3O4S2/c1-11-12(2)33-20-18(11)19(28)25-17(26-20)10-32-13(3)21(29)27(4)9-14-6-7-15(31-22(23)24)16(8-14)30-5/h6-8,13,22H,9-10H2,1-5H3,(H,25,26,28)/t13-/m0/s1. The Labute approximate surface area is 198 Å². The minimum atomic E-state index is -2.95. The highest BCUT2D eigenvalue weighted by molar-refractivity contribution is 7.99. The quantitative estimate of drug-likeness (QED) is 0.469. The largest absolute Gasteiger partial charge is 0.493 e. The highest BCUT2D eigenvalue weighted by Gasteiger charge is 2.20. The number of H-pyrrole nitrogens is 1. The van der Waals surface area contributed by atoms with Gasteiger partial charge in [-0.05, 0) is 44.0 Å². The van der Waals surface area contributed by atoms with Crippen molar-refractivity contribution < 1.29 is 23.0 Å². The molecule has 2 aromatic heterocycles. The van der Waals surface area contributed by atoms with E-state index in [1.807, 2.05) is 13.8 Å². The van der Waals surface area contributed by atoms with Crippen molar-refractivity contribution in [1.29, 1.82) is 0 Å². The van der Waals surface area contributed by atoms with Crippen molar-refractivity contribution in [3.63, 3.8) is 0 Å². The predicted octanol–water partition coefficient (Wildman–Crippen LogP) is 4.49. The Morgan fingerprint density at radius 3 is 2.70 bits per heavy atom. The van der Waals surface area contributed by atoms with E-state index in [4.69, 9.17) is 4.74 Å². The van der Waals surface area contributed by atoms with Gasteiger partial charge >= 0.3 is 6.61 Å². The van der Waals surface area contributed by atoms with Gasteiger partial charge in [0.2, 0.25) is 5.91 Å². The van der Waals surface area contributed by atoms with Gasteiger partial charge in [-0.2, -0.15) is 8.78 Å². The fourth-order valence-corrected chi connectivity index (χ4v) is 5.22. The highest BCUT2D eigenvalue weighted by Crippen LogP contribution is 2.30. The third-order valence-corrected chi connectivity index (χ3v) is 7.39. The van der Waals surface area contributed by atoms with Gasteiger partial charge in [0, 0.05) is 18.5 Å². The van der Waals surface area contributed by atoms with E-state index in [9.17, 15) is 18.4 Å². The van der Waals surface area contributed by atoms with E-state index >= 15 is 0 Å². The van der Waals surface area contributed by atoms with Gasteiger partial charge in [0.25, 0.3) is 5.56 Å². The molecule has 0 spiro atoms. The molecule has 0 bridgehead atoms. The lowest BCUT2D eigenvalue weighted by atomic mass is 10.2. The van der Waals surface area contributed by atoms with E-state index in [0.29, 0.717) is 27.4 Å². The number of aryl methyl sites for hydroxylation is 2. The van der Waals surface area contributed by atoms with Crippen molar-refractivity contribution in [2.24, 2.45) is 0 Å². The van der Waals surface area contributed by atoms with Crippen molar-refractivity contribution in [3.8, 4) is 11.5 Å². The lowest BCUT2D eigenvalue weighted by molar-refractivity contribution is -0.129. The number of nitrogens with zero attached hydrogens (tertiary/aromatic N) is 2. The van der Waals surface area contributed by atoms with Crippen molar-refractivity contribution in [2.45, 2.75) is 44.9 Å². The second-order valence-electron chi connectivity index (χ2n) is 7.49. The summed E-state index contributed by atoms with van der Waals surface area (Å²) in [5.74, 6) is 0.901. The van der Waals surface area contributed by atoms with Crippen LogP contribution in [0, 0.1) is 13.8 Å². The Morgan fingerprint density at radius 2 is 2.03 bits per heavy atom. The van der Waals surface area contributed by atoms with Crippen LogP contribution in [-0.2, 0) is 17.1 Å². The molecular formula is C22H25F2N3O4S2. The molecule has 1 aromatic carbocycles. The summed E-state index contributed by atoms with van der Waals surface area (Å²) in [4.78, 5) is 35.9. The van der Waals surface area contributed by atoms with E-state index in [-0.39, 0.29) is 34.8 Å². The summed E-state index contributed by atoms with van der Waals surface area (Å²) in [5.41, 5.74) is 1.49. The van der Waals surface area contributed by atoms with E-state index in [1.54, 1.807) is 31.0 Å². The van der Waals surface area contributed by atoms with Crippen LogP contribution in [0.4, 0.5) is 8.78 Å². The van der Waals surface area contributed by atoms with Crippen LogP contribution in [0.2, 0.25) is 0 Å².